The fourth-order valence-electron chi connectivity index (χ4n) is 1.25. The third-order valence-electron chi connectivity index (χ3n) is 2.18. The molecule has 0 aliphatic rings. The van der Waals surface area contributed by atoms with Crippen LogP contribution in [0.3, 0.4) is 0 Å². The lowest BCUT2D eigenvalue weighted by Gasteiger charge is -2.19. The second kappa shape index (κ2) is 5.24. The topological polar surface area (TPSA) is 46.5 Å². The van der Waals surface area contributed by atoms with E-state index in [0.717, 1.165) is 18.2 Å². The normalized spacial score (nSPS) is 13.2. The summed E-state index contributed by atoms with van der Waals surface area (Å²) in [6.45, 7) is 1.18. The Hall–Kier alpha value is -1.79. The van der Waals surface area contributed by atoms with E-state index in [1.54, 1.807) is 0 Å². The molecule has 0 saturated heterocycles. The second-order valence-corrected chi connectivity index (χ2v) is 3.48. The van der Waals surface area contributed by atoms with Crippen molar-refractivity contribution < 1.29 is 32.2 Å². The molecule has 1 aromatic rings. The Morgan fingerprint density at radius 3 is 2.56 bits per heavy atom. The van der Waals surface area contributed by atoms with Gasteiger partial charge in [0.25, 0.3) is 0 Å². The zero-order chi connectivity index (χ0) is 13.9. The molecule has 1 aromatic carbocycles. The molecule has 3 nitrogen and oxygen atoms in total. The highest BCUT2D eigenvalue weighted by molar-refractivity contribution is 5.90. The third-order valence-corrected chi connectivity index (χ3v) is 2.18. The Morgan fingerprint density at radius 1 is 1.44 bits per heavy atom. The largest absolute Gasteiger partial charge is 0.505 e. The van der Waals surface area contributed by atoms with Crippen molar-refractivity contribution >= 4 is 5.97 Å². The minimum absolute atomic E-state index is 0.477. The smallest absolute Gasteiger partial charge is 0.425 e. The summed E-state index contributed by atoms with van der Waals surface area (Å²) in [6, 6.07) is 3.03. The molecule has 0 unspecified atom stereocenters. The zero-order valence-electron chi connectivity index (χ0n) is 9.29. The van der Waals surface area contributed by atoms with Crippen molar-refractivity contribution in [2.24, 2.45) is 0 Å². The minimum Gasteiger partial charge on any atom is -0.505 e. The molecule has 0 aliphatic heterocycles. The SMILES string of the molecule is CC[C@@H](OC(=O)c1cccc(O)c1F)C(F)(F)F. The van der Waals surface area contributed by atoms with Gasteiger partial charge in [-0.25, -0.2) is 9.18 Å². The van der Waals surface area contributed by atoms with Gasteiger partial charge in [0.05, 0.1) is 5.56 Å². The Bertz CT molecular complexity index is 442. The fourth-order valence-corrected chi connectivity index (χ4v) is 1.25. The average molecular weight is 266 g/mol. The number of halogens is 4. The summed E-state index contributed by atoms with van der Waals surface area (Å²) in [5.74, 6) is -3.60. The molecular weight excluding hydrogens is 256 g/mol. The predicted octanol–water partition coefficient (Wildman–Crippen LogP) is 3.03. The van der Waals surface area contributed by atoms with Gasteiger partial charge in [0.2, 0.25) is 0 Å². The number of esters is 1. The van der Waals surface area contributed by atoms with Crippen LogP contribution in [0.4, 0.5) is 17.6 Å². The number of aromatic hydroxyl groups is 1. The number of rotatable bonds is 3. The van der Waals surface area contributed by atoms with Crippen LogP contribution < -0.4 is 0 Å². The third kappa shape index (κ3) is 3.12. The summed E-state index contributed by atoms with van der Waals surface area (Å²) in [7, 11) is 0. The molecular formula is C11H10F4O3. The maximum atomic E-state index is 13.3. The summed E-state index contributed by atoms with van der Waals surface area (Å²) in [6.07, 6.45) is -7.49. The Morgan fingerprint density at radius 2 is 2.06 bits per heavy atom. The molecule has 7 heteroatoms. The summed E-state index contributed by atoms with van der Waals surface area (Å²) in [5, 5.41) is 9.00. The van der Waals surface area contributed by atoms with E-state index in [4.69, 9.17) is 5.11 Å². The van der Waals surface area contributed by atoms with Gasteiger partial charge in [0.1, 0.15) is 0 Å². The molecule has 0 spiro atoms. The van der Waals surface area contributed by atoms with Crippen molar-refractivity contribution in [2.75, 3.05) is 0 Å². The van der Waals surface area contributed by atoms with Crippen LogP contribution in [0.25, 0.3) is 0 Å². The van der Waals surface area contributed by atoms with Gasteiger partial charge in [-0.05, 0) is 18.6 Å². The number of hydrogen-bond donors (Lipinski definition) is 1. The summed E-state index contributed by atoms with van der Waals surface area (Å²) in [5.41, 5.74) is -0.738. The number of phenolic OH excluding ortho intramolecular Hbond substituents is 1. The van der Waals surface area contributed by atoms with Crippen LogP contribution in [0, 0.1) is 5.82 Å². The molecule has 1 rings (SSSR count). The van der Waals surface area contributed by atoms with E-state index < -0.39 is 41.8 Å². The standard InChI is InChI=1S/C11H10F4O3/c1-2-8(11(13,14)15)18-10(17)6-4-3-5-7(16)9(6)12/h3-5,8,16H,2H2,1H3/t8-/m1/s1. The van der Waals surface area contributed by atoms with Crippen molar-refractivity contribution in [2.45, 2.75) is 25.6 Å². The fraction of sp³-hybridized carbons (Fsp3) is 0.364. The van der Waals surface area contributed by atoms with Crippen LogP contribution >= 0.6 is 0 Å². The highest BCUT2D eigenvalue weighted by Crippen LogP contribution is 2.27. The van der Waals surface area contributed by atoms with Crippen molar-refractivity contribution in [3.05, 3.63) is 29.6 Å². The van der Waals surface area contributed by atoms with Crippen LogP contribution in [-0.2, 0) is 4.74 Å². The number of phenols is 1. The van der Waals surface area contributed by atoms with Crippen molar-refractivity contribution in [1.82, 2.24) is 0 Å². The maximum Gasteiger partial charge on any atom is 0.425 e. The maximum absolute atomic E-state index is 13.3. The molecule has 0 aliphatic carbocycles. The lowest BCUT2D eigenvalue weighted by Crippen LogP contribution is -2.33. The van der Waals surface area contributed by atoms with Crippen LogP contribution in [0.1, 0.15) is 23.7 Å². The lowest BCUT2D eigenvalue weighted by atomic mass is 10.2. The van der Waals surface area contributed by atoms with Gasteiger partial charge < -0.3 is 9.84 Å². The molecule has 100 valence electrons. The number of hydrogen-bond acceptors (Lipinski definition) is 3. The number of benzene rings is 1. The quantitative estimate of drug-likeness (QED) is 0.675. The first-order valence-corrected chi connectivity index (χ1v) is 5.02. The van der Waals surface area contributed by atoms with Gasteiger partial charge in [-0.3, -0.25) is 0 Å². The van der Waals surface area contributed by atoms with Gasteiger partial charge in [0, 0.05) is 0 Å². The molecule has 0 amide bonds. The van der Waals surface area contributed by atoms with Gasteiger partial charge in [-0.1, -0.05) is 13.0 Å². The molecule has 0 radical (unpaired) electrons. The average Bonchev–Trinajstić information content (AvgIpc) is 2.27. The number of carbonyl (C=O) groups excluding carboxylic acids is 1. The number of carbonyl (C=O) groups is 1. The Labute approximate surface area is 100.0 Å². The van der Waals surface area contributed by atoms with Crippen molar-refractivity contribution in [3.63, 3.8) is 0 Å². The van der Waals surface area contributed by atoms with E-state index in [-0.39, 0.29) is 0 Å². The van der Waals surface area contributed by atoms with E-state index in [9.17, 15) is 22.4 Å². The number of alkyl halides is 3. The van der Waals surface area contributed by atoms with E-state index in [1.807, 2.05) is 0 Å². The molecule has 0 bridgehead atoms. The summed E-state index contributed by atoms with van der Waals surface area (Å²) in [4.78, 5) is 11.4. The summed E-state index contributed by atoms with van der Waals surface area (Å²) >= 11 is 0. The highest BCUT2D eigenvalue weighted by Gasteiger charge is 2.41. The van der Waals surface area contributed by atoms with Crippen molar-refractivity contribution in [1.29, 1.82) is 0 Å². The molecule has 0 saturated carbocycles. The lowest BCUT2D eigenvalue weighted by molar-refractivity contribution is -0.204. The first-order chi connectivity index (χ1) is 8.27. The van der Waals surface area contributed by atoms with Crippen molar-refractivity contribution in [3.8, 4) is 5.75 Å². The molecule has 0 aromatic heterocycles. The number of ether oxygens (including phenoxy) is 1. The van der Waals surface area contributed by atoms with Gasteiger partial charge >= 0.3 is 12.1 Å². The predicted molar refractivity (Wildman–Crippen MR) is 53.6 cm³/mol. The monoisotopic (exact) mass is 266 g/mol. The highest BCUT2D eigenvalue weighted by atomic mass is 19.4. The first-order valence-electron chi connectivity index (χ1n) is 5.02. The minimum atomic E-state index is -4.71. The zero-order valence-corrected chi connectivity index (χ0v) is 9.29. The van der Waals surface area contributed by atoms with Gasteiger partial charge in [-0.15, -0.1) is 0 Å². The van der Waals surface area contributed by atoms with E-state index in [0.29, 0.717) is 0 Å². The van der Waals surface area contributed by atoms with Crippen LogP contribution in [0.15, 0.2) is 18.2 Å². The van der Waals surface area contributed by atoms with E-state index in [1.165, 1.54) is 6.92 Å². The van der Waals surface area contributed by atoms with Crippen LogP contribution in [-0.4, -0.2) is 23.4 Å². The van der Waals surface area contributed by atoms with Gasteiger partial charge in [-0.2, -0.15) is 13.2 Å². The molecule has 1 atom stereocenters. The molecule has 18 heavy (non-hydrogen) atoms. The van der Waals surface area contributed by atoms with Crippen LogP contribution in [0.5, 0.6) is 5.75 Å². The molecule has 0 fully saturated rings. The van der Waals surface area contributed by atoms with Gasteiger partial charge in [0.15, 0.2) is 17.7 Å². The van der Waals surface area contributed by atoms with E-state index in [2.05, 4.69) is 4.74 Å². The second-order valence-electron chi connectivity index (χ2n) is 3.48. The molecule has 0 heterocycles. The Balaban J connectivity index is 2.92. The Kier molecular flexibility index (Phi) is 4.15. The van der Waals surface area contributed by atoms with Crippen LogP contribution in [0.2, 0.25) is 0 Å². The summed E-state index contributed by atoms with van der Waals surface area (Å²) < 4.78 is 54.5. The molecule has 1 N–H and O–H groups in total. The first kappa shape index (κ1) is 14.3. The van der Waals surface area contributed by atoms with E-state index >= 15 is 0 Å².